The number of rotatable bonds is 6. The monoisotopic (exact) mass is 806 g/mol. The predicted molar refractivity (Wildman–Crippen MR) is 255 cm³/mol. The minimum atomic E-state index is 0.569. The van der Waals surface area contributed by atoms with Gasteiger partial charge in [0, 0.05) is 49.4 Å². The molecule has 8 nitrogen and oxygen atoms in total. The molecule has 0 aliphatic rings. The fourth-order valence-electron chi connectivity index (χ4n) is 9.42. The highest BCUT2D eigenvalue weighted by Gasteiger charge is 2.21. The third-order valence-electron chi connectivity index (χ3n) is 12.2. The maximum Gasteiger partial charge on any atom is 0.238 e. The Morgan fingerprint density at radius 1 is 0.317 bits per heavy atom. The van der Waals surface area contributed by atoms with Crippen LogP contribution in [0.15, 0.2) is 207 Å². The summed E-state index contributed by atoms with van der Waals surface area (Å²) in [7, 11) is 0. The Bertz CT molecular complexity index is 3850. The lowest BCUT2D eigenvalue weighted by molar-refractivity contribution is 0.953. The van der Waals surface area contributed by atoms with Gasteiger partial charge in [0.15, 0.2) is 11.6 Å². The van der Waals surface area contributed by atoms with E-state index in [9.17, 15) is 0 Å². The van der Waals surface area contributed by atoms with Gasteiger partial charge in [0.25, 0.3) is 0 Å². The Morgan fingerprint density at radius 2 is 0.857 bits per heavy atom. The summed E-state index contributed by atoms with van der Waals surface area (Å²) in [4.78, 5) is 24.5. The highest BCUT2D eigenvalue weighted by Crippen LogP contribution is 2.40. The molecule has 0 unspecified atom stereocenters. The average molecular weight is 807 g/mol. The van der Waals surface area contributed by atoms with E-state index >= 15 is 0 Å². The third kappa shape index (κ3) is 5.52. The van der Waals surface area contributed by atoms with Crippen LogP contribution in [0.2, 0.25) is 0 Å². The van der Waals surface area contributed by atoms with E-state index in [0.29, 0.717) is 17.6 Å². The molecule has 0 atom stereocenters. The fraction of sp³-hybridized carbons (Fsp3) is 0. The van der Waals surface area contributed by atoms with E-state index in [1.165, 1.54) is 10.8 Å². The van der Waals surface area contributed by atoms with E-state index in [-0.39, 0.29) is 0 Å². The fourth-order valence-corrected chi connectivity index (χ4v) is 9.42. The van der Waals surface area contributed by atoms with Gasteiger partial charge in [-0.05, 0) is 71.8 Å². The van der Waals surface area contributed by atoms with Crippen LogP contribution in [0.25, 0.3) is 117 Å². The molecule has 5 heterocycles. The lowest BCUT2D eigenvalue weighted by atomic mass is 10.0. The molecule has 0 saturated carbocycles. The van der Waals surface area contributed by atoms with Crippen molar-refractivity contribution in [2.24, 2.45) is 0 Å². The molecule has 8 aromatic carbocycles. The second-order valence-electron chi connectivity index (χ2n) is 15.8. The van der Waals surface area contributed by atoms with Gasteiger partial charge in [0.1, 0.15) is 6.33 Å². The van der Waals surface area contributed by atoms with Crippen LogP contribution in [-0.4, -0.2) is 38.6 Å². The van der Waals surface area contributed by atoms with Crippen LogP contribution in [0, 0.1) is 0 Å². The largest absolute Gasteiger partial charge is 0.309 e. The summed E-state index contributed by atoms with van der Waals surface area (Å²) in [5.41, 5.74) is 13.5. The minimum absolute atomic E-state index is 0.569. The zero-order valence-electron chi connectivity index (χ0n) is 33.7. The average Bonchev–Trinajstić information content (AvgIpc) is 3.99. The number of hydrogen-bond donors (Lipinski definition) is 0. The van der Waals surface area contributed by atoms with Gasteiger partial charge in [-0.15, -0.1) is 0 Å². The van der Waals surface area contributed by atoms with E-state index in [1.807, 2.05) is 72.9 Å². The molecule has 13 rings (SSSR count). The maximum atomic E-state index is 5.16. The number of nitrogens with zero attached hydrogens (tertiary/aromatic N) is 8. The zero-order chi connectivity index (χ0) is 41.4. The molecule has 13 aromatic rings. The Kier molecular flexibility index (Phi) is 7.74. The van der Waals surface area contributed by atoms with Crippen molar-refractivity contribution in [1.82, 2.24) is 38.6 Å². The van der Waals surface area contributed by atoms with Crippen molar-refractivity contribution in [3.05, 3.63) is 207 Å². The molecule has 0 bridgehead atoms. The van der Waals surface area contributed by atoms with Gasteiger partial charge >= 0.3 is 0 Å². The van der Waals surface area contributed by atoms with Gasteiger partial charge in [-0.2, -0.15) is 9.97 Å². The second-order valence-corrected chi connectivity index (χ2v) is 15.8. The lowest BCUT2D eigenvalue weighted by Gasteiger charge is -2.12. The lowest BCUT2D eigenvalue weighted by Crippen LogP contribution is -2.06. The number of para-hydroxylation sites is 3. The first-order chi connectivity index (χ1) is 31.2. The summed E-state index contributed by atoms with van der Waals surface area (Å²) in [6, 6.07) is 68.1. The maximum absolute atomic E-state index is 5.16. The van der Waals surface area contributed by atoms with Crippen LogP contribution in [0.5, 0.6) is 0 Å². The molecule has 0 spiro atoms. The van der Waals surface area contributed by atoms with Crippen molar-refractivity contribution in [2.45, 2.75) is 0 Å². The van der Waals surface area contributed by atoms with Crippen molar-refractivity contribution in [2.75, 3.05) is 0 Å². The summed E-state index contributed by atoms with van der Waals surface area (Å²) in [5, 5.41) is 5.70. The standard InChI is InChI=1S/C55H34N8/c1-4-14-35(15-5-1)53-58-54(36-16-6-2-7-17-36)60-55(59-53)63-47-23-13-10-20-41(47)43-27-24-38(31-50(43)63)37-25-28-48-44(30-37)42-21-11-12-22-46(42)62(48)40-26-29-49-45(32-40)52-51(33-56-34-57-52)61(49)39-18-8-3-9-19-39/h1-34H. The molecule has 294 valence electrons. The molecule has 63 heavy (non-hydrogen) atoms. The Balaban J connectivity index is 0.990. The van der Waals surface area contributed by atoms with E-state index in [4.69, 9.17) is 19.9 Å². The van der Waals surface area contributed by atoms with Gasteiger partial charge in [-0.3, -0.25) is 4.57 Å². The molecule has 0 saturated heterocycles. The highest BCUT2D eigenvalue weighted by molar-refractivity contribution is 6.13. The SMILES string of the molecule is c1ccc(-c2nc(-c3ccccc3)nc(-n3c4ccccc4c4ccc(-c5ccc6c(c5)c5ccccc5n6-c5ccc6c(c5)c5ncncc5n6-c5ccccc5)cc43)n2)cc1. The van der Waals surface area contributed by atoms with Gasteiger partial charge < -0.3 is 9.13 Å². The Labute approximate surface area is 360 Å². The van der Waals surface area contributed by atoms with Gasteiger partial charge in [0.05, 0.1) is 44.8 Å². The summed E-state index contributed by atoms with van der Waals surface area (Å²) in [6.45, 7) is 0. The molecule has 0 N–H and O–H groups in total. The molecule has 0 radical (unpaired) electrons. The third-order valence-corrected chi connectivity index (χ3v) is 12.2. The topological polar surface area (TPSA) is 79.2 Å². The second kappa shape index (κ2) is 13.9. The quantitative estimate of drug-likeness (QED) is 0.167. The van der Waals surface area contributed by atoms with E-state index in [1.54, 1.807) is 6.33 Å². The summed E-state index contributed by atoms with van der Waals surface area (Å²) in [5.74, 6) is 1.82. The summed E-state index contributed by atoms with van der Waals surface area (Å²) >= 11 is 0. The summed E-state index contributed by atoms with van der Waals surface area (Å²) < 4.78 is 6.81. The van der Waals surface area contributed by atoms with Crippen molar-refractivity contribution in [3.8, 4) is 51.2 Å². The molecule has 0 aliphatic heterocycles. The van der Waals surface area contributed by atoms with Crippen LogP contribution in [0.1, 0.15) is 0 Å². The Morgan fingerprint density at radius 3 is 1.59 bits per heavy atom. The first-order valence-corrected chi connectivity index (χ1v) is 21.0. The molecule has 0 amide bonds. The van der Waals surface area contributed by atoms with Crippen LogP contribution in [-0.2, 0) is 0 Å². The number of benzene rings is 8. The van der Waals surface area contributed by atoms with E-state index < -0.39 is 0 Å². The van der Waals surface area contributed by atoms with E-state index in [0.717, 1.165) is 88.4 Å². The highest BCUT2D eigenvalue weighted by atomic mass is 15.2. The molecular formula is C55H34N8. The van der Waals surface area contributed by atoms with Gasteiger partial charge in [0.2, 0.25) is 5.95 Å². The molecule has 5 aromatic heterocycles. The van der Waals surface area contributed by atoms with Gasteiger partial charge in [-0.25, -0.2) is 15.0 Å². The molecule has 0 fully saturated rings. The number of fused-ring (bicyclic) bond motifs is 9. The first-order valence-electron chi connectivity index (χ1n) is 21.0. The van der Waals surface area contributed by atoms with Crippen LogP contribution in [0.4, 0.5) is 0 Å². The predicted octanol–water partition coefficient (Wildman–Crippen LogP) is 13.0. The normalized spacial score (nSPS) is 11.8. The first kappa shape index (κ1) is 35.0. The Hall–Kier alpha value is -8.75. The zero-order valence-corrected chi connectivity index (χ0v) is 33.7. The smallest absolute Gasteiger partial charge is 0.238 e. The van der Waals surface area contributed by atoms with Gasteiger partial charge in [-0.1, -0.05) is 133 Å². The summed E-state index contributed by atoms with van der Waals surface area (Å²) in [6.07, 6.45) is 3.54. The van der Waals surface area contributed by atoms with Crippen LogP contribution in [0.3, 0.4) is 0 Å². The number of aromatic nitrogens is 8. The minimum Gasteiger partial charge on any atom is -0.309 e. The molecule has 8 heteroatoms. The van der Waals surface area contributed by atoms with Crippen molar-refractivity contribution in [1.29, 1.82) is 0 Å². The van der Waals surface area contributed by atoms with Crippen LogP contribution >= 0.6 is 0 Å². The van der Waals surface area contributed by atoms with Crippen molar-refractivity contribution in [3.63, 3.8) is 0 Å². The molecular weight excluding hydrogens is 773 g/mol. The van der Waals surface area contributed by atoms with Crippen molar-refractivity contribution < 1.29 is 0 Å². The van der Waals surface area contributed by atoms with Crippen molar-refractivity contribution >= 4 is 65.5 Å². The van der Waals surface area contributed by atoms with Crippen LogP contribution < -0.4 is 0 Å². The molecule has 0 aliphatic carbocycles. The number of hydrogen-bond acceptors (Lipinski definition) is 5. The van der Waals surface area contributed by atoms with E-state index in [2.05, 4.69) is 146 Å².